The SMILES string of the molecule is CCCCCCCCCCCCCOCCOCCOCCOc1ccccc1. The van der Waals surface area contributed by atoms with Crippen molar-refractivity contribution in [3.05, 3.63) is 30.3 Å². The summed E-state index contributed by atoms with van der Waals surface area (Å²) in [5, 5.41) is 0. The highest BCUT2D eigenvalue weighted by molar-refractivity contribution is 5.20. The van der Waals surface area contributed by atoms with Crippen molar-refractivity contribution in [3.8, 4) is 5.75 Å². The maximum Gasteiger partial charge on any atom is 0.119 e. The van der Waals surface area contributed by atoms with Crippen LogP contribution in [0.15, 0.2) is 30.3 Å². The molecule has 0 unspecified atom stereocenters. The van der Waals surface area contributed by atoms with Gasteiger partial charge >= 0.3 is 0 Å². The van der Waals surface area contributed by atoms with Crippen molar-refractivity contribution in [3.63, 3.8) is 0 Å². The molecule has 0 amide bonds. The first-order valence-electron chi connectivity index (χ1n) is 11.8. The smallest absolute Gasteiger partial charge is 0.119 e. The van der Waals surface area contributed by atoms with E-state index in [0.717, 1.165) is 12.4 Å². The number of hydrogen-bond donors (Lipinski definition) is 0. The lowest BCUT2D eigenvalue weighted by molar-refractivity contribution is 0.00878. The molecule has 0 heterocycles. The van der Waals surface area contributed by atoms with Crippen LogP contribution in [0, 0.1) is 0 Å². The van der Waals surface area contributed by atoms with Gasteiger partial charge in [-0.15, -0.1) is 0 Å². The zero-order valence-electron chi connectivity index (χ0n) is 18.7. The Labute approximate surface area is 179 Å². The molecule has 0 radical (unpaired) electrons. The molecule has 0 aromatic heterocycles. The van der Waals surface area contributed by atoms with Gasteiger partial charge in [0, 0.05) is 6.61 Å². The zero-order chi connectivity index (χ0) is 20.7. The normalized spacial score (nSPS) is 11.1. The fourth-order valence-corrected chi connectivity index (χ4v) is 3.15. The van der Waals surface area contributed by atoms with Crippen LogP contribution in [0.25, 0.3) is 0 Å². The van der Waals surface area contributed by atoms with E-state index in [1.165, 1.54) is 70.6 Å². The standard InChI is InChI=1S/C25H44O4/c1-2-3-4-5-6-7-8-9-10-11-15-18-26-19-20-27-21-22-28-23-24-29-25-16-13-12-14-17-25/h12-14,16-17H,2-11,15,18-24H2,1H3. The van der Waals surface area contributed by atoms with Crippen LogP contribution in [0.2, 0.25) is 0 Å². The molecule has 0 spiro atoms. The molecule has 168 valence electrons. The van der Waals surface area contributed by atoms with E-state index in [9.17, 15) is 0 Å². The second-order valence-electron chi connectivity index (χ2n) is 7.53. The number of hydrogen-bond acceptors (Lipinski definition) is 4. The van der Waals surface area contributed by atoms with Crippen LogP contribution in [-0.4, -0.2) is 46.2 Å². The highest BCUT2D eigenvalue weighted by atomic mass is 16.6. The Morgan fingerprint density at radius 3 is 1.48 bits per heavy atom. The highest BCUT2D eigenvalue weighted by Crippen LogP contribution is 2.11. The Morgan fingerprint density at radius 1 is 0.483 bits per heavy atom. The van der Waals surface area contributed by atoms with Gasteiger partial charge in [-0.05, 0) is 18.6 Å². The number of unbranched alkanes of at least 4 members (excludes halogenated alkanes) is 10. The van der Waals surface area contributed by atoms with E-state index in [0.29, 0.717) is 39.6 Å². The van der Waals surface area contributed by atoms with E-state index in [1.54, 1.807) is 0 Å². The van der Waals surface area contributed by atoms with Crippen LogP contribution in [0.5, 0.6) is 5.75 Å². The summed E-state index contributed by atoms with van der Waals surface area (Å²) in [6, 6.07) is 9.79. The molecule has 0 N–H and O–H groups in total. The minimum absolute atomic E-state index is 0.562. The van der Waals surface area contributed by atoms with Crippen LogP contribution in [0.4, 0.5) is 0 Å². The minimum Gasteiger partial charge on any atom is -0.491 e. The van der Waals surface area contributed by atoms with E-state index in [4.69, 9.17) is 18.9 Å². The fraction of sp³-hybridized carbons (Fsp3) is 0.760. The Balaban J connectivity index is 1.66. The molecule has 0 aliphatic rings. The molecule has 0 bridgehead atoms. The van der Waals surface area contributed by atoms with Gasteiger partial charge < -0.3 is 18.9 Å². The summed E-state index contributed by atoms with van der Waals surface area (Å²) in [6.45, 7) is 6.78. The van der Waals surface area contributed by atoms with Crippen molar-refractivity contribution in [1.82, 2.24) is 0 Å². The van der Waals surface area contributed by atoms with Crippen LogP contribution in [0.3, 0.4) is 0 Å². The molecule has 0 saturated heterocycles. The third-order valence-electron chi connectivity index (χ3n) is 4.88. The van der Waals surface area contributed by atoms with Gasteiger partial charge in [0.15, 0.2) is 0 Å². The second-order valence-corrected chi connectivity index (χ2v) is 7.53. The Bertz CT molecular complexity index is 424. The third-order valence-corrected chi connectivity index (χ3v) is 4.88. The van der Waals surface area contributed by atoms with Gasteiger partial charge in [-0.2, -0.15) is 0 Å². The fourth-order valence-electron chi connectivity index (χ4n) is 3.15. The van der Waals surface area contributed by atoms with Gasteiger partial charge in [-0.3, -0.25) is 0 Å². The highest BCUT2D eigenvalue weighted by Gasteiger charge is 1.95. The summed E-state index contributed by atoms with van der Waals surface area (Å²) in [5.41, 5.74) is 0. The first-order valence-corrected chi connectivity index (χ1v) is 11.8. The van der Waals surface area contributed by atoms with E-state index in [-0.39, 0.29) is 0 Å². The van der Waals surface area contributed by atoms with Crippen LogP contribution < -0.4 is 4.74 Å². The molecule has 0 aliphatic carbocycles. The molecular formula is C25H44O4. The molecule has 4 heteroatoms. The van der Waals surface area contributed by atoms with Crippen molar-refractivity contribution in [2.24, 2.45) is 0 Å². The molecule has 29 heavy (non-hydrogen) atoms. The summed E-state index contributed by atoms with van der Waals surface area (Å²) < 4.78 is 22.2. The van der Waals surface area contributed by atoms with Gasteiger partial charge in [0.25, 0.3) is 0 Å². The molecule has 1 aromatic carbocycles. The average Bonchev–Trinajstić information content (AvgIpc) is 2.75. The molecule has 1 rings (SSSR count). The Hall–Kier alpha value is -1.10. The van der Waals surface area contributed by atoms with Crippen molar-refractivity contribution < 1.29 is 18.9 Å². The lowest BCUT2D eigenvalue weighted by atomic mass is 10.1. The summed E-state index contributed by atoms with van der Waals surface area (Å²) in [5.74, 6) is 0.877. The van der Waals surface area contributed by atoms with E-state index >= 15 is 0 Å². The number of rotatable bonds is 22. The lowest BCUT2D eigenvalue weighted by Crippen LogP contribution is -2.12. The Morgan fingerprint density at radius 2 is 0.931 bits per heavy atom. The van der Waals surface area contributed by atoms with E-state index in [1.807, 2.05) is 30.3 Å². The van der Waals surface area contributed by atoms with E-state index in [2.05, 4.69) is 6.92 Å². The third kappa shape index (κ3) is 18.7. The molecule has 0 aliphatic heterocycles. The van der Waals surface area contributed by atoms with Gasteiger partial charge in [0.1, 0.15) is 12.4 Å². The van der Waals surface area contributed by atoms with Crippen molar-refractivity contribution >= 4 is 0 Å². The summed E-state index contributed by atoms with van der Waals surface area (Å²) >= 11 is 0. The van der Waals surface area contributed by atoms with Crippen molar-refractivity contribution in [2.75, 3.05) is 46.2 Å². The summed E-state index contributed by atoms with van der Waals surface area (Å²) in [7, 11) is 0. The van der Waals surface area contributed by atoms with Crippen LogP contribution in [0.1, 0.15) is 77.6 Å². The molecule has 0 saturated carbocycles. The maximum absolute atomic E-state index is 5.62. The molecule has 4 nitrogen and oxygen atoms in total. The molecular weight excluding hydrogens is 364 g/mol. The van der Waals surface area contributed by atoms with Crippen LogP contribution >= 0.6 is 0 Å². The first-order chi connectivity index (χ1) is 14.4. The minimum atomic E-state index is 0.562. The number of para-hydroxylation sites is 1. The van der Waals surface area contributed by atoms with Crippen molar-refractivity contribution in [2.45, 2.75) is 77.6 Å². The molecule has 0 fully saturated rings. The largest absolute Gasteiger partial charge is 0.491 e. The quantitative estimate of drug-likeness (QED) is 0.207. The maximum atomic E-state index is 5.62. The zero-order valence-corrected chi connectivity index (χ0v) is 18.7. The second kappa shape index (κ2) is 21.6. The lowest BCUT2D eigenvalue weighted by Gasteiger charge is -2.08. The summed E-state index contributed by atoms with van der Waals surface area (Å²) in [4.78, 5) is 0. The monoisotopic (exact) mass is 408 g/mol. The topological polar surface area (TPSA) is 36.9 Å². The summed E-state index contributed by atoms with van der Waals surface area (Å²) in [6.07, 6.45) is 15.0. The average molecular weight is 409 g/mol. The molecule has 1 aromatic rings. The number of ether oxygens (including phenoxy) is 4. The van der Waals surface area contributed by atoms with Crippen molar-refractivity contribution in [1.29, 1.82) is 0 Å². The predicted octanol–water partition coefficient (Wildman–Crippen LogP) is 6.43. The first kappa shape index (κ1) is 25.9. The number of benzene rings is 1. The van der Waals surface area contributed by atoms with Gasteiger partial charge in [0.2, 0.25) is 0 Å². The van der Waals surface area contributed by atoms with Gasteiger partial charge in [-0.1, -0.05) is 89.3 Å². The Kier molecular flexibility index (Phi) is 19.3. The van der Waals surface area contributed by atoms with E-state index < -0.39 is 0 Å². The predicted molar refractivity (Wildman–Crippen MR) is 121 cm³/mol. The van der Waals surface area contributed by atoms with Gasteiger partial charge in [-0.25, -0.2) is 0 Å². The van der Waals surface area contributed by atoms with Gasteiger partial charge in [0.05, 0.1) is 33.0 Å². The molecule has 0 atom stereocenters. The van der Waals surface area contributed by atoms with Crippen LogP contribution in [-0.2, 0) is 14.2 Å².